The summed E-state index contributed by atoms with van der Waals surface area (Å²) in [5.41, 5.74) is 2.20. The number of carbonyl (C=O) groups is 1. The van der Waals surface area contributed by atoms with E-state index < -0.39 is 6.09 Å². The Kier molecular flexibility index (Phi) is 8.44. The number of nitrogens with one attached hydrogen (secondary N) is 1. The Bertz CT molecular complexity index is 462. The first kappa shape index (κ1) is 21.0. The Morgan fingerprint density at radius 1 is 1.13 bits per heavy atom. The fraction of sp³-hybridized carbons (Fsp3) is 0.526. The van der Waals surface area contributed by atoms with Gasteiger partial charge in [0, 0.05) is 0 Å². The summed E-state index contributed by atoms with van der Waals surface area (Å²) in [7, 11) is 0. The van der Waals surface area contributed by atoms with Gasteiger partial charge in [-0.2, -0.15) is 5.48 Å². The van der Waals surface area contributed by atoms with Crippen LogP contribution in [0.4, 0.5) is 4.79 Å². The number of amides is 1. The summed E-state index contributed by atoms with van der Waals surface area (Å²) in [6, 6.07) is 0. The molecule has 0 saturated carbocycles. The molecule has 0 aliphatic heterocycles. The van der Waals surface area contributed by atoms with Crippen molar-refractivity contribution in [2.75, 3.05) is 0 Å². The summed E-state index contributed by atoms with van der Waals surface area (Å²) in [6.45, 7) is 19.7. The summed E-state index contributed by atoms with van der Waals surface area (Å²) in [5.74, 6) is 0.431. The molecule has 0 heterocycles. The van der Waals surface area contributed by atoms with E-state index in [0.717, 1.165) is 6.42 Å². The predicted octanol–water partition coefficient (Wildman–Crippen LogP) is 5.31. The molecule has 0 rings (SSSR count). The van der Waals surface area contributed by atoms with E-state index in [2.05, 4.69) is 39.4 Å². The molecule has 1 unspecified atom stereocenters. The fourth-order valence-electron chi connectivity index (χ4n) is 1.74. The summed E-state index contributed by atoms with van der Waals surface area (Å²) < 4.78 is 5.55. The minimum Gasteiger partial charge on any atom is -0.444 e. The van der Waals surface area contributed by atoms with Crippen molar-refractivity contribution in [1.29, 1.82) is 0 Å². The van der Waals surface area contributed by atoms with Crippen molar-refractivity contribution in [2.24, 2.45) is 10.8 Å². The molecule has 4 heteroatoms. The summed E-state index contributed by atoms with van der Waals surface area (Å²) in [6.07, 6.45) is 8.07. The van der Waals surface area contributed by atoms with Crippen molar-refractivity contribution < 1.29 is 14.4 Å². The maximum absolute atomic E-state index is 12.0. The molecule has 0 aliphatic rings. The second-order valence-electron chi connectivity index (χ2n) is 7.63. The van der Waals surface area contributed by atoms with E-state index in [0.29, 0.717) is 5.76 Å². The molecular formula is C19H31NO3. The quantitative estimate of drug-likeness (QED) is 0.393. The molecule has 0 spiro atoms. The Labute approximate surface area is 140 Å². The van der Waals surface area contributed by atoms with E-state index >= 15 is 0 Å². The highest BCUT2D eigenvalue weighted by molar-refractivity contribution is 5.66. The molecule has 1 atom stereocenters. The molecule has 0 aliphatic carbocycles. The van der Waals surface area contributed by atoms with E-state index in [1.165, 1.54) is 0 Å². The monoisotopic (exact) mass is 321 g/mol. The molecule has 0 aromatic carbocycles. The molecular weight excluding hydrogens is 290 g/mol. The smallest absolute Gasteiger partial charge is 0.440 e. The van der Waals surface area contributed by atoms with E-state index in [1.807, 2.05) is 20.8 Å². The SMILES string of the molecule is C=C/C=C\C(=C/C=C)ONC(=O)OC(CC(C)(C)C)C(C)(C)C. The van der Waals surface area contributed by atoms with Gasteiger partial charge in [-0.1, -0.05) is 72.9 Å². The van der Waals surface area contributed by atoms with Crippen LogP contribution in [0.15, 0.2) is 49.3 Å². The van der Waals surface area contributed by atoms with Gasteiger partial charge in [-0.05, 0) is 29.4 Å². The van der Waals surface area contributed by atoms with E-state index in [-0.39, 0.29) is 16.9 Å². The van der Waals surface area contributed by atoms with Gasteiger partial charge >= 0.3 is 6.09 Å². The molecule has 130 valence electrons. The van der Waals surface area contributed by atoms with Crippen LogP contribution < -0.4 is 5.48 Å². The first-order valence-electron chi connectivity index (χ1n) is 7.75. The molecule has 0 fully saturated rings. The van der Waals surface area contributed by atoms with Crippen LogP contribution in [0.2, 0.25) is 0 Å². The second kappa shape index (κ2) is 9.23. The molecule has 0 bridgehead atoms. The van der Waals surface area contributed by atoms with Gasteiger partial charge in [-0.3, -0.25) is 0 Å². The zero-order chi connectivity index (χ0) is 18.1. The van der Waals surface area contributed by atoms with Crippen LogP contribution in [0.25, 0.3) is 0 Å². The van der Waals surface area contributed by atoms with Crippen molar-refractivity contribution in [1.82, 2.24) is 5.48 Å². The topological polar surface area (TPSA) is 47.6 Å². The van der Waals surface area contributed by atoms with Crippen molar-refractivity contribution in [3.05, 3.63) is 49.3 Å². The zero-order valence-electron chi connectivity index (χ0n) is 15.3. The van der Waals surface area contributed by atoms with E-state index in [9.17, 15) is 4.79 Å². The molecule has 0 radical (unpaired) electrons. The molecule has 23 heavy (non-hydrogen) atoms. The number of hydroxylamine groups is 1. The first-order chi connectivity index (χ1) is 10.5. The predicted molar refractivity (Wildman–Crippen MR) is 95.6 cm³/mol. The maximum atomic E-state index is 12.0. The van der Waals surface area contributed by atoms with Crippen molar-refractivity contribution in [3.63, 3.8) is 0 Å². The van der Waals surface area contributed by atoms with E-state index in [1.54, 1.807) is 30.4 Å². The standard InChI is InChI=1S/C19H31NO3/c1-9-11-13-15(12-10-2)23-20-17(21)22-16(19(6,7)8)14-18(3,4)5/h9-13,16H,1-2,14H2,3-8H3,(H,20,21)/b13-11-,15-12+. The second-order valence-corrected chi connectivity index (χ2v) is 7.63. The van der Waals surface area contributed by atoms with Gasteiger partial charge in [0.1, 0.15) is 6.10 Å². The van der Waals surface area contributed by atoms with Crippen LogP contribution in [0.3, 0.4) is 0 Å². The number of hydrogen-bond donors (Lipinski definition) is 1. The lowest BCUT2D eigenvalue weighted by atomic mass is 9.78. The van der Waals surface area contributed by atoms with Gasteiger partial charge in [0.2, 0.25) is 0 Å². The molecule has 1 amide bonds. The maximum Gasteiger partial charge on any atom is 0.440 e. The van der Waals surface area contributed by atoms with Crippen LogP contribution in [0.5, 0.6) is 0 Å². The first-order valence-corrected chi connectivity index (χ1v) is 7.75. The van der Waals surface area contributed by atoms with Crippen molar-refractivity contribution in [3.8, 4) is 0 Å². The Morgan fingerprint density at radius 3 is 2.17 bits per heavy atom. The number of rotatable bonds is 7. The summed E-state index contributed by atoms with van der Waals surface area (Å²) in [4.78, 5) is 17.2. The van der Waals surface area contributed by atoms with Gasteiger partial charge in [-0.25, -0.2) is 4.79 Å². The molecule has 0 aromatic rings. The number of ether oxygens (including phenoxy) is 1. The van der Waals surface area contributed by atoms with Crippen molar-refractivity contribution in [2.45, 2.75) is 54.1 Å². The Hall–Kier alpha value is -1.97. The summed E-state index contributed by atoms with van der Waals surface area (Å²) >= 11 is 0. The van der Waals surface area contributed by atoms with Crippen molar-refractivity contribution >= 4 is 6.09 Å². The third-order valence-corrected chi connectivity index (χ3v) is 2.94. The zero-order valence-corrected chi connectivity index (χ0v) is 15.3. The van der Waals surface area contributed by atoms with Crippen LogP contribution in [0, 0.1) is 10.8 Å². The highest BCUT2D eigenvalue weighted by Gasteiger charge is 2.32. The van der Waals surface area contributed by atoms with E-state index in [4.69, 9.17) is 9.57 Å². The molecule has 4 nitrogen and oxygen atoms in total. The third kappa shape index (κ3) is 10.4. The van der Waals surface area contributed by atoms with Crippen LogP contribution in [-0.2, 0) is 9.57 Å². The minimum atomic E-state index is -0.615. The lowest BCUT2D eigenvalue weighted by molar-refractivity contribution is -0.0152. The number of carbonyl (C=O) groups excluding carboxylic acids is 1. The number of allylic oxidation sites excluding steroid dienone is 5. The highest BCUT2D eigenvalue weighted by Crippen LogP contribution is 2.32. The molecule has 0 aromatic heterocycles. The minimum absolute atomic E-state index is 0.0552. The highest BCUT2D eigenvalue weighted by atomic mass is 16.7. The van der Waals surface area contributed by atoms with Gasteiger partial charge in [-0.15, -0.1) is 0 Å². The normalized spacial score (nSPS) is 14.3. The third-order valence-electron chi connectivity index (χ3n) is 2.94. The Morgan fingerprint density at radius 2 is 1.74 bits per heavy atom. The average molecular weight is 321 g/mol. The van der Waals surface area contributed by atoms with Crippen LogP contribution >= 0.6 is 0 Å². The van der Waals surface area contributed by atoms with Gasteiger partial charge in [0.05, 0.1) is 0 Å². The molecule has 0 saturated heterocycles. The van der Waals surface area contributed by atoms with Crippen LogP contribution in [0.1, 0.15) is 48.0 Å². The van der Waals surface area contributed by atoms with Gasteiger partial charge in [0.25, 0.3) is 0 Å². The molecule has 1 N–H and O–H groups in total. The van der Waals surface area contributed by atoms with Gasteiger partial charge in [0.15, 0.2) is 5.76 Å². The van der Waals surface area contributed by atoms with Gasteiger partial charge < -0.3 is 9.57 Å². The Balaban J connectivity index is 4.76. The largest absolute Gasteiger partial charge is 0.444 e. The lowest BCUT2D eigenvalue weighted by Gasteiger charge is -2.34. The average Bonchev–Trinajstić information content (AvgIpc) is 2.38. The van der Waals surface area contributed by atoms with Crippen LogP contribution in [-0.4, -0.2) is 12.2 Å². The lowest BCUT2D eigenvalue weighted by Crippen LogP contribution is -2.38. The fourth-order valence-corrected chi connectivity index (χ4v) is 1.74. The summed E-state index contributed by atoms with van der Waals surface area (Å²) in [5, 5.41) is 0. The number of hydrogen-bond acceptors (Lipinski definition) is 3.